The van der Waals surface area contributed by atoms with Crippen LogP contribution in [0.2, 0.25) is 0 Å². The predicted molar refractivity (Wildman–Crippen MR) is 107 cm³/mol. The molecule has 0 unspecified atom stereocenters. The van der Waals surface area contributed by atoms with E-state index in [1.54, 1.807) is 35.2 Å². The Balaban J connectivity index is 1.31. The predicted octanol–water partition coefficient (Wildman–Crippen LogP) is 1.86. The van der Waals surface area contributed by atoms with Gasteiger partial charge in [-0.15, -0.1) is 0 Å². The lowest BCUT2D eigenvalue weighted by Gasteiger charge is -2.27. The third-order valence-electron chi connectivity index (χ3n) is 6.34. The second-order valence-electron chi connectivity index (χ2n) is 8.18. The van der Waals surface area contributed by atoms with Gasteiger partial charge in [0.2, 0.25) is 11.8 Å². The molecule has 4 atom stereocenters. The number of carbonyl (C=O) groups is 2. The Bertz CT molecular complexity index is 990. The van der Waals surface area contributed by atoms with Crippen LogP contribution in [0.25, 0.3) is 0 Å². The number of fused-ring (bicyclic) bond motifs is 1. The van der Waals surface area contributed by atoms with Crippen molar-refractivity contribution < 1.29 is 18.7 Å². The van der Waals surface area contributed by atoms with Gasteiger partial charge >= 0.3 is 0 Å². The van der Waals surface area contributed by atoms with Crippen LogP contribution in [0.15, 0.2) is 54.9 Å². The summed E-state index contributed by atoms with van der Waals surface area (Å²) < 4.78 is 21.3. The van der Waals surface area contributed by atoms with E-state index < -0.39 is 17.4 Å². The number of anilines is 1. The third kappa shape index (κ3) is 2.94. The molecule has 2 fully saturated rings. The van der Waals surface area contributed by atoms with Crippen LogP contribution in [0.3, 0.4) is 0 Å². The fourth-order valence-electron chi connectivity index (χ4n) is 4.89. The zero-order valence-electron chi connectivity index (χ0n) is 16.6. The van der Waals surface area contributed by atoms with Crippen LogP contribution in [0, 0.1) is 17.7 Å². The summed E-state index contributed by atoms with van der Waals surface area (Å²) in [5.74, 6) is -1.67. The van der Waals surface area contributed by atoms with E-state index in [0.717, 1.165) is 13.0 Å². The number of ether oxygens (including phenoxy) is 1. The zero-order chi connectivity index (χ0) is 20.9. The van der Waals surface area contributed by atoms with Gasteiger partial charge in [0, 0.05) is 38.2 Å². The van der Waals surface area contributed by atoms with E-state index in [4.69, 9.17) is 4.74 Å². The molecular weight excluding hydrogens is 387 g/mol. The minimum absolute atomic E-state index is 0.0778. The summed E-state index contributed by atoms with van der Waals surface area (Å²) in [6.45, 7) is 1.63. The van der Waals surface area contributed by atoms with Crippen molar-refractivity contribution in [1.82, 2.24) is 14.7 Å². The van der Waals surface area contributed by atoms with Gasteiger partial charge in [0.05, 0.1) is 24.5 Å². The van der Waals surface area contributed by atoms with Crippen molar-refractivity contribution in [3.05, 3.63) is 60.7 Å². The van der Waals surface area contributed by atoms with Gasteiger partial charge < -0.3 is 14.5 Å². The van der Waals surface area contributed by atoms with Crippen molar-refractivity contribution in [3.8, 4) is 0 Å². The van der Waals surface area contributed by atoms with Gasteiger partial charge in [-0.2, -0.15) is 5.10 Å². The number of rotatable bonds is 6. The Hall–Kier alpha value is -3.00. The van der Waals surface area contributed by atoms with Gasteiger partial charge in [0.1, 0.15) is 11.4 Å². The molecule has 7 nitrogen and oxygen atoms in total. The molecule has 156 valence electrons. The average Bonchev–Trinajstić information content (AvgIpc) is 3.50. The Labute approximate surface area is 173 Å². The first kappa shape index (κ1) is 19.0. The van der Waals surface area contributed by atoms with Gasteiger partial charge in [-0.3, -0.25) is 14.3 Å². The molecule has 0 N–H and O–H groups in total. The topological polar surface area (TPSA) is 67.7 Å². The van der Waals surface area contributed by atoms with Crippen molar-refractivity contribution in [2.24, 2.45) is 11.8 Å². The lowest BCUT2D eigenvalue weighted by atomic mass is 9.76. The Morgan fingerprint density at radius 2 is 2.17 bits per heavy atom. The highest BCUT2D eigenvalue weighted by Gasteiger charge is 2.67. The number of benzene rings is 1. The Morgan fingerprint density at radius 1 is 1.37 bits per heavy atom. The maximum Gasteiger partial charge on any atom is 0.234 e. The van der Waals surface area contributed by atoms with Crippen LogP contribution in [-0.2, 0) is 20.9 Å². The van der Waals surface area contributed by atoms with E-state index in [2.05, 4.69) is 5.10 Å². The quantitative estimate of drug-likeness (QED) is 0.682. The van der Waals surface area contributed by atoms with E-state index in [0.29, 0.717) is 18.8 Å². The van der Waals surface area contributed by atoms with Crippen LogP contribution in [0.4, 0.5) is 10.1 Å². The molecule has 0 aliphatic carbocycles. The lowest BCUT2D eigenvalue weighted by molar-refractivity contribution is -0.139. The molecule has 2 aromatic rings. The number of amides is 2. The summed E-state index contributed by atoms with van der Waals surface area (Å²) in [5, 5.41) is 4.17. The summed E-state index contributed by atoms with van der Waals surface area (Å²) >= 11 is 0. The first-order valence-corrected chi connectivity index (χ1v) is 10.1. The summed E-state index contributed by atoms with van der Waals surface area (Å²) in [6, 6.07) is 7.70. The molecule has 0 radical (unpaired) electrons. The molecule has 1 aromatic carbocycles. The molecule has 2 saturated heterocycles. The minimum Gasteiger partial charge on any atom is -0.360 e. The van der Waals surface area contributed by atoms with Crippen molar-refractivity contribution in [2.75, 3.05) is 25.0 Å². The molecule has 30 heavy (non-hydrogen) atoms. The van der Waals surface area contributed by atoms with Gasteiger partial charge in [-0.05, 0) is 36.8 Å². The Kier molecular flexibility index (Phi) is 4.47. The SMILES string of the molecule is CN(CCCn1cccn1)C(=O)[C@H]1[C@@H]2C=C[C@@]3(CN(c4ccc(F)cc4)C(=O)[C@@H]13)O2. The fourth-order valence-corrected chi connectivity index (χ4v) is 4.89. The van der Waals surface area contributed by atoms with E-state index in [1.165, 1.54) is 12.1 Å². The van der Waals surface area contributed by atoms with Crippen molar-refractivity contribution in [2.45, 2.75) is 24.7 Å². The molecule has 3 aliphatic rings. The second-order valence-corrected chi connectivity index (χ2v) is 8.18. The van der Waals surface area contributed by atoms with Crippen LogP contribution < -0.4 is 4.90 Å². The van der Waals surface area contributed by atoms with Gasteiger partial charge in [-0.25, -0.2) is 4.39 Å². The third-order valence-corrected chi connectivity index (χ3v) is 6.34. The van der Waals surface area contributed by atoms with Gasteiger partial charge in [0.25, 0.3) is 0 Å². The van der Waals surface area contributed by atoms with E-state index >= 15 is 0 Å². The van der Waals surface area contributed by atoms with Crippen LogP contribution >= 0.6 is 0 Å². The number of aromatic nitrogens is 2. The Morgan fingerprint density at radius 3 is 2.90 bits per heavy atom. The van der Waals surface area contributed by atoms with Gasteiger partial charge in [-0.1, -0.05) is 12.2 Å². The average molecular weight is 410 g/mol. The molecule has 5 rings (SSSR count). The van der Waals surface area contributed by atoms with E-state index in [1.807, 2.05) is 29.1 Å². The highest BCUT2D eigenvalue weighted by molar-refractivity contribution is 6.03. The van der Waals surface area contributed by atoms with Crippen molar-refractivity contribution in [1.29, 1.82) is 0 Å². The monoisotopic (exact) mass is 410 g/mol. The molecule has 4 heterocycles. The number of hydrogen-bond acceptors (Lipinski definition) is 4. The standard InChI is InChI=1S/C22H23FN4O3/c1-25(11-3-13-26-12-2-10-24-26)20(28)18-17-8-9-22(30-17)14-27(21(29)19(18)22)16-6-4-15(23)5-7-16/h2,4-10,12,17-19H,3,11,13-14H2,1H3/t17-,18-,19+,22-/m0/s1. The van der Waals surface area contributed by atoms with Crippen molar-refractivity contribution in [3.63, 3.8) is 0 Å². The molecule has 8 heteroatoms. The van der Waals surface area contributed by atoms with Crippen LogP contribution in [0.1, 0.15) is 6.42 Å². The fraction of sp³-hybridized carbons (Fsp3) is 0.409. The highest BCUT2D eigenvalue weighted by atomic mass is 19.1. The van der Waals surface area contributed by atoms with E-state index in [-0.39, 0.29) is 23.7 Å². The lowest BCUT2D eigenvalue weighted by Crippen LogP contribution is -2.45. The molecular formula is C22H23FN4O3. The van der Waals surface area contributed by atoms with Crippen LogP contribution in [-0.4, -0.2) is 58.3 Å². The zero-order valence-corrected chi connectivity index (χ0v) is 16.6. The number of halogens is 1. The largest absolute Gasteiger partial charge is 0.360 e. The number of nitrogens with zero attached hydrogens (tertiary/aromatic N) is 4. The van der Waals surface area contributed by atoms with Gasteiger partial charge in [0.15, 0.2) is 0 Å². The summed E-state index contributed by atoms with van der Waals surface area (Å²) in [4.78, 5) is 29.9. The number of hydrogen-bond donors (Lipinski definition) is 0. The summed E-state index contributed by atoms with van der Waals surface area (Å²) in [6.07, 6.45) is 7.83. The normalized spacial score (nSPS) is 28.9. The highest BCUT2D eigenvalue weighted by Crippen LogP contribution is 2.53. The van der Waals surface area contributed by atoms with Crippen molar-refractivity contribution >= 4 is 17.5 Å². The number of aryl methyl sites for hydroxylation is 1. The molecule has 0 saturated carbocycles. The summed E-state index contributed by atoms with van der Waals surface area (Å²) in [7, 11) is 1.77. The maximum absolute atomic E-state index is 13.3. The van der Waals surface area contributed by atoms with Crippen LogP contribution in [0.5, 0.6) is 0 Å². The first-order valence-electron chi connectivity index (χ1n) is 10.1. The molecule has 2 amide bonds. The molecule has 1 aromatic heterocycles. The molecule has 2 bridgehead atoms. The van der Waals surface area contributed by atoms with E-state index in [9.17, 15) is 14.0 Å². The second kappa shape index (κ2) is 7.05. The summed E-state index contributed by atoms with van der Waals surface area (Å²) in [5.41, 5.74) is -0.170. The first-order chi connectivity index (χ1) is 14.5. The minimum atomic E-state index is -0.785. The molecule has 1 spiro atoms. The maximum atomic E-state index is 13.3. The molecule has 3 aliphatic heterocycles. The smallest absolute Gasteiger partial charge is 0.234 e. The number of carbonyl (C=O) groups excluding carboxylic acids is 2.